The van der Waals surface area contributed by atoms with Gasteiger partial charge in [-0.2, -0.15) is 0 Å². The predicted molar refractivity (Wildman–Crippen MR) is 121 cm³/mol. The molecule has 2 aromatic rings. The van der Waals surface area contributed by atoms with Crippen molar-refractivity contribution in [3.05, 3.63) is 80.8 Å². The first-order valence-electron chi connectivity index (χ1n) is 9.23. The normalized spacial score (nSPS) is 11.1. The molecule has 0 bridgehead atoms. The Bertz CT molecular complexity index is 700. The number of halogens is 1. The van der Waals surface area contributed by atoms with Gasteiger partial charge in [-0.1, -0.05) is 65.3 Å². The molecule has 3 heteroatoms. The van der Waals surface area contributed by atoms with E-state index in [1.165, 1.54) is 32.3 Å². The molecule has 2 aromatic carbocycles. The van der Waals surface area contributed by atoms with Crippen LogP contribution in [0.3, 0.4) is 0 Å². The van der Waals surface area contributed by atoms with Crippen LogP contribution in [-0.4, -0.2) is 18.0 Å². The maximum atomic E-state index is 10.4. The van der Waals surface area contributed by atoms with Crippen LogP contribution in [0.25, 0.3) is 0 Å². The van der Waals surface area contributed by atoms with Crippen LogP contribution in [0.5, 0.6) is 0 Å². The molecule has 0 saturated carbocycles. The van der Waals surface area contributed by atoms with Gasteiger partial charge in [-0.3, -0.25) is 0 Å². The summed E-state index contributed by atoms with van der Waals surface area (Å²) in [5.74, 6) is 0.345. The number of hydrogen-bond acceptors (Lipinski definition) is 2. The average molecular weight is 433 g/mol. The number of carbonyl (C=O) groups excluding carboxylic acids is 1. The zero-order valence-corrected chi connectivity index (χ0v) is 19.0. The number of aliphatic hydroxyl groups is 1. The van der Waals surface area contributed by atoms with E-state index in [4.69, 9.17) is 5.11 Å². The summed E-state index contributed by atoms with van der Waals surface area (Å²) in [6.45, 7) is 12.6. The minimum atomic E-state index is 0.163. The highest BCUT2D eigenvalue weighted by Gasteiger charge is 2.08. The van der Waals surface area contributed by atoms with Gasteiger partial charge in [0.2, 0.25) is 0 Å². The molecule has 0 radical (unpaired) electrons. The van der Waals surface area contributed by atoms with Crippen molar-refractivity contribution >= 4 is 22.2 Å². The summed E-state index contributed by atoms with van der Waals surface area (Å²) in [6.07, 6.45) is 5.09. The van der Waals surface area contributed by atoms with Crippen LogP contribution in [0.15, 0.2) is 53.0 Å². The van der Waals surface area contributed by atoms with E-state index in [-0.39, 0.29) is 6.61 Å². The molecule has 0 heterocycles. The molecular weight excluding hydrogens is 400 g/mol. The van der Waals surface area contributed by atoms with Crippen molar-refractivity contribution in [2.45, 2.75) is 53.9 Å². The number of allylic oxidation sites excluding steroid dienone is 1. The first-order valence-corrected chi connectivity index (χ1v) is 10.0. The largest absolute Gasteiger partial charge is 0.392 e. The Hall–Kier alpha value is -1.71. The Kier molecular flexibility index (Phi) is 13.5. The fraction of sp³-hybridized carbons (Fsp3) is 0.375. The molecule has 0 aliphatic heterocycles. The fourth-order valence-corrected chi connectivity index (χ4v) is 2.86. The Labute approximate surface area is 173 Å². The summed E-state index contributed by atoms with van der Waals surface area (Å²) < 4.78 is 1.20. The number of rotatable bonds is 4. The van der Waals surface area contributed by atoms with Crippen molar-refractivity contribution in [3.8, 4) is 0 Å². The molecule has 0 amide bonds. The minimum absolute atomic E-state index is 0.163. The Morgan fingerprint density at radius 2 is 1.56 bits per heavy atom. The van der Waals surface area contributed by atoms with Gasteiger partial charge in [0.25, 0.3) is 0 Å². The first-order chi connectivity index (χ1) is 12.8. The molecular formula is C24H33BrO2. The second-order valence-corrected chi connectivity index (χ2v) is 7.38. The van der Waals surface area contributed by atoms with Crippen molar-refractivity contribution in [3.63, 3.8) is 0 Å². The van der Waals surface area contributed by atoms with Crippen molar-refractivity contribution in [2.24, 2.45) is 0 Å². The second kappa shape index (κ2) is 14.4. The van der Waals surface area contributed by atoms with Gasteiger partial charge in [0.15, 0.2) is 0 Å². The summed E-state index contributed by atoms with van der Waals surface area (Å²) in [4.78, 5) is 10.4. The molecule has 0 saturated heterocycles. The summed E-state index contributed by atoms with van der Waals surface area (Å²) in [5, 5.41) is 7.98. The fourth-order valence-electron chi connectivity index (χ4n) is 2.40. The van der Waals surface area contributed by atoms with Crippen molar-refractivity contribution in [1.29, 1.82) is 0 Å². The van der Waals surface area contributed by atoms with Crippen molar-refractivity contribution < 1.29 is 9.90 Å². The molecule has 1 unspecified atom stereocenters. The number of aryl methyl sites for hydroxylation is 2. The van der Waals surface area contributed by atoms with Gasteiger partial charge in [0, 0.05) is 10.9 Å². The van der Waals surface area contributed by atoms with E-state index in [1.54, 1.807) is 12.2 Å². The van der Waals surface area contributed by atoms with Crippen molar-refractivity contribution in [2.75, 3.05) is 6.61 Å². The molecule has 0 aliphatic rings. The lowest BCUT2D eigenvalue weighted by Crippen LogP contribution is -1.98. The lowest BCUT2D eigenvalue weighted by atomic mass is 9.92. The summed E-state index contributed by atoms with van der Waals surface area (Å²) in [5.41, 5.74) is 6.58. The third-order valence-corrected chi connectivity index (χ3v) is 5.37. The number of aliphatic hydroxyl groups excluding tert-OH is 1. The number of carbonyl (C=O) groups is 1. The first kappa shape index (κ1) is 25.3. The topological polar surface area (TPSA) is 37.3 Å². The van der Waals surface area contributed by atoms with E-state index < -0.39 is 0 Å². The van der Waals surface area contributed by atoms with Crippen molar-refractivity contribution in [1.82, 2.24) is 0 Å². The van der Waals surface area contributed by atoms with E-state index in [1.807, 2.05) is 13.0 Å². The Morgan fingerprint density at radius 1 is 1.00 bits per heavy atom. The van der Waals surface area contributed by atoms with Crippen LogP contribution < -0.4 is 0 Å². The molecule has 0 aromatic heterocycles. The lowest BCUT2D eigenvalue weighted by molar-refractivity contribution is -0.108. The van der Waals surface area contributed by atoms with Gasteiger partial charge < -0.3 is 9.90 Å². The molecule has 0 spiro atoms. The zero-order chi connectivity index (χ0) is 20.8. The van der Waals surface area contributed by atoms with Gasteiger partial charge in [0.05, 0.1) is 6.61 Å². The highest BCUT2D eigenvalue weighted by molar-refractivity contribution is 9.10. The Balaban J connectivity index is 0.000000419. The van der Waals surface area contributed by atoms with Crippen LogP contribution in [0.1, 0.15) is 54.0 Å². The lowest BCUT2D eigenvalue weighted by Gasteiger charge is -2.13. The molecule has 148 valence electrons. The summed E-state index contributed by atoms with van der Waals surface area (Å²) in [6, 6.07) is 12.5. The van der Waals surface area contributed by atoms with Gasteiger partial charge in [-0.05, 0) is 74.4 Å². The highest BCUT2D eigenvalue weighted by Crippen LogP contribution is 2.23. The summed E-state index contributed by atoms with van der Waals surface area (Å²) >= 11 is 3.45. The van der Waals surface area contributed by atoms with E-state index in [9.17, 15) is 4.79 Å². The van der Waals surface area contributed by atoms with E-state index in [2.05, 4.69) is 80.9 Å². The SMILES string of the molecule is C/C=C/CO.Cc1cccc(Br)c1C.Cc1cccc(C(C)CC=O)c1C. The molecule has 0 fully saturated rings. The van der Waals surface area contributed by atoms with Gasteiger partial charge >= 0.3 is 0 Å². The second-order valence-electron chi connectivity index (χ2n) is 6.53. The number of aldehydes is 1. The van der Waals surface area contributed by atoms with Gasteiger partial charge in [-0.25, -0.2) is 0 Å². The molecule has 0 aliphatic carbocycles. The van der Waals surface area contributed by atoms with Crippen LogP contribution in [0, 0.1) is 27.7 Å². The number of benzene rings is 2. The van der Waals surface area contributed by atoms with E-state index in [0.29, 0.717) is 12.3 Å². The van der Waals surface area contributed by atoms with Crippen LogP contribution in [-0.2, 0) is 4.79 Å². The summed E-state index contributed by atoms with van der Waals surface area (Å²) in [7, 11) is 0. The van der Waals surface area contributed by atoms with Gasteiger partial charge in [0.1, 0.15) is 6.29 Å². The maximum absolute atomic E-state index is 10.4. The molecule has 2 rings (SSSR count). The van der Waals surface area contributed by atoms with Crippen LogP contribution >= 0.6 is 15.9 Å². The third-order valence-electron chi connectivity index (χ3n) is 4.51. The predicted octanol–water partition coefficient (Wildman–Crippen LogP) is 6.62. The average Bonchev–Trinajstić information content (AvgIpc) is 2.64. The van der Waals surface area contributed by atoms with Gasteiger partial charge in [-0.15, -0.1) is 0 Å². The minimum Gasteiger partial charge on any atom is -0.392 e. The molecule has 1 atom stereocenters. The highest BCUT2D eigenvalue weighted by atomic mass is 79.9. The van der Waals surface area contributed by atoms with E-state index in [0.717, 1.165) is 6.29 Å². The monoisotopic (exact) mass is 432 g/mol. The third kappa shape index (κ3) is 9.69. The Morgan fingerprint density at radius 3 is 1.96 bits per heavy atom. The van der Waals surface area contributed by atoms with Crippen LogP contribution in [0.2, 0.25) is 0 Å². The quantitative estimate of drug-likeness (QED) is 0.435. The smallest absolute Gasteiger partial charge is 0.120 e. The molecule has 2 nitrogen and oxygen atoms in total. The molecule has 1 N–H and O–H groups in total. The zero-order valence-electron chi connectivity index (χ0n) is 17.4. The number of hydrogen-bond donors (Lipinski definition) is 1. The van der Waals surface area contributed by atoms with E-state index >= 15 is 0 Å². The standard InChI is InChI=1S/C12H16O.C8H9Br.C4H8O/c1-9-5-4-6-12(11(9)3)10(2)7-8-13;1-6-4-3-5-8(9)7(6)2;1-2-3-4-5/h4-6,8,10H,7H2,1-3H3;3-5H,1-2H3;2-3,5H,4H2,1H3/b;;3-2+. The maximum Gasteiger partial charge on any atom is 0.120 e. The van der Waals surface area contributed by atoms with Crippen LogP contribution in [0.4, 0.5) is 0 Å². The molecule has 27 heavy (non-hydrogen) atoms.